The molecule has 90 valence electrons. The van der Waals surface area contributed by atoms with Crippen molar-refractivity contribution in [3.8, 4) is 0 Å². The van der Waals surface area contributed by atoms with Crippen LogP contribution in [0.5, 0.6) is 0 Å². The molecule has 0 aromatic rings. The Hall–Kier alpha value is -1.06. The average molecular weight is 225 g/mol. The van der Waals surface area contributed by atoms with Gasteiger partial charge >= 0.3 is 5.97 Å². The summed E-state index contributed by atoms with van der Waals surface area (Å²) in [6.45, 7) is 2.29. The first kappa shape index (κ1) is 11.4. The Morgan fingerprint density at radius 1 is 1.25 bits per heavy atom. The van der Waals surface area contributed by atoms with Crippen LogP contribution in [-0.2, 0) is 9.59 Å². The minimum atomic E-state index is -0.959. The van der Waals surface area contributed by atoms with Crippen LogP contribution in [0.25, 0.3) is 0 Å². The summed E-state index contributed by atoms with van der Waals surface area (Å²) in [7, 11) is 0. The van der Waals surface area contributed by atoms with E-state index in [-0.39, 0.29) is 11.8 Å². The molecule has 1 heterocycles. The van der Waals surface area contributed by atoms with E-state index >= 15 is 0 Å². The van der Waals surface area contributed by atoms with Crippen LogP contribution in [0.15, 0.2) is 0 Å². The van der Waals surface area contributed by atoms with E-state index in [9.17, 15) is 14.7 Å². The van der Waals surface area contributed by atoms with Gasteiger partial charge in [0.2, 0.25) is 5.91 Å². The predicted octanol–water partition coefficient (Wildman–Crippen LogP) is 1.64. The van der Waals surface area contributed by atoms with Crippen molar-refractivity contribution >= 4 is 11.9 Å². The van der Waals surface area contributed by atoms with Crippen LogP contribution in [0.1, 0.15) is 45.4 Å². The minimum absolute atomic E-state index is 0.0694. The highest BCUT2D eigenvalue weighted by molar-refractivity contribution is 5.88. The van der Waals surface area contributed by atoms with E-state index in [0.29, 0.717) is 13.0 Å². The van der Waals surface area contributed by atoms with Crippen LogP contribution in [-0.4, -0.2) is 34.0 Å². The van der Waals surface area contributed by atoms with Crippen molar-refractivity contribution in [2.75, 3.05) is 6.54 Å². The van der Waals surface area contributed by atoms with Crippen molar-refractivity contribution in [2.24, 2.45) is 5.92 Å². The molecule has 1 saturated carbocycles. The molecule has 1 atom stereocenters. The van der Waals surface area contributed by atoms with Crippen molar-refractivity contribution in [2.45, 2.75) is 51.0 Å². The van der Waals surface area contributed by atoms with Gasteiger partial charge < -0.3 is 10.0 Å². The van der Waals surface area contributed by atoms with E-state index in [4.69, 9.17) is 0 Å². The third-order valence-electron chi connectivity index (χ3n) is 4.07. The van der Waals surface area contributed by atoms with Crippen molar-refractivity contribution in [3.63, 3.8) is 0 Å². The summed E-state index contributed by atoms with van der Waals surface area (Å²) in [6.07, 6.45) is 5.47. The third kappa shape index (κ3) is 1.70. The average Bonchev–Trinajstić information content (AvgIpc) is 2.85. The van der Waals surface area contributed by atoms with Crippen molar-refractivity contribution in [1.82, 2.24) is 4.90 Å². The molecule has 2 aliphatic rings. The van der Waals surface area contributed by atoms with Gasteiger partial charge in [-0.15, -0.1) is 0 Å². The highest BCUT2D eigenvalue weighted by Crippen LogP contribution is 2.34. The molecule has 1 aliphatic heterocycles. The number of aliphatic carboxylic acids is 1. The van der Waals surface area contributed by atoms with Gasteiger partial charge in [-0.2, -0.15) is 0 Å². The molecule has 0 aromatic carbocycles. The van der Waals surface area contributed by atoms with Crippen LogP contribution in [0.3, 0.4) is 0 Å². The van der Waals surface area contributed by atoms with Gasteiger partial charge in [0.25, 0.3) is 0 Å². The monoisotopic (exact) mass is 225 g/mol. The highest BCUT2D eigenvalue weighted by atomic mass is 16.4. The summed E-state index contributed by atoms with van der Waals surface area (Å²) >= 11 is 0. The number of hydrogen-bond donors (Lipinski definition) is 1. The lowest BCUT2D eigenvalue weighted by atomic mass is 9.97. The first-order valence-electron chi connectivity index (χ1n) is 6.10. The minimum Gasteiger partial charge on any atom is -0.480 e. The van der Waals surface area contributed by atoms with Gasteiger partial charge in [-0.05, 0) is 32.6 Å². The molecule has 0 radical (unpaired) electrons. The summed E-state index contributed by atoms with van der Waals surface area (Å²) in [4.78, 5) is 25.1. The fraction of sp³-hybridized carbons (Fsp3) is 0.833. The molecular weight excluding hydrogens is 206 g/mol. The summed E-state index contributed by atoms with van der Waals surface area (Å²) < 4.78 is 0. The molecule has 1 aliphatic carbocycles. The number of carbonyl (C=O) groups excluding carboxylic acids is 1. The lowest BCUT2D eigenvalue weighted by Crippen LogP contribution is -2.52. The molecule has 1 N–H and O–H groups in total. The Morgan fingerprint density at radius 2 is 1.88 bits per heavy atom. The van der Waals surface area contributed by atoms with Crippen LogP contribution >= 0.6 is 0 Å². The standard InChI is InChI=1S/C12H19NO3/c1-12(11(15)16)7-4-8-13(12)10(14)9-5-2-3-6-9/h9H,2-8H2,1H3,(H,15,16). The van der Waals surface area contributed by atoms with Gasteiger partial charge in [-0.25, -0.2) is 4.79 Å². The maximum atomic E-state index is 12.2. The van der Waals surface area contributed by atoms with Gasteiger partial charge in [0.05, 0.1) is 0 Å². The van der Waals surface area contributed by atoms with E-state index in [1.807, 2.05) is 0 Å². The first-order chi connectivity index (χ1) is 7.55. The molecular formula is C12H19NO3. The van der Waals surface area contributed by atoms with E-state index in [1.54, 1.807) is 11.8 Å². The molecule has 2 fully saturated rings. The molecule has 1 unspecified atom stereocenters. The summed E-state index contributed by atoms with van der Waals surface area (Å²) in [5, 5.41) is 9.24. The molecule has 4 nitrogen and oxygen atoms in total. The van der Waals surface area contributed by atoms with E-state index < -0.39 is 11.5 Å². The Morgan fingerprint density at radius 3 is 2.44 bits per heavy atom. The highest BCUT2D eigenvalue weighted by Gasteiger charge is 2.47. The molecule has 0 aromatic heterocycles. The van der Waals surface area contributed by atoms with Crippen molar-refractivity contribution in [3.05, 3.63) is 0 Å². The van der Waals surface area contributed by atoms with Gasteiger partial charge in [0, 0.05) is 12.5 Å². The summed E-state index contributed by atoms with van der Waals surface area (Å²) in [5.74, 6) is -0.715. The Bertz CT molecular complexity index is 309. The number of carboxylic acid groups (broad SMARTS) is 1. The fourth-order valence-corrected chi connectivity index (χ4v) is 2.93. The number of nitrogens with zero attached hydrogens (tertiary/aromatic N) is 1. The zero-order valence-electron chi connectivity index (χ0n) is 9.74. The second kappa shape index (κ2) is 4.07. The fourth-order valence-electron chi connectivity index (χ4n) is 2.93. The van der Waals surface area contributed by atoms with Crippen LogP contribution in [0.4, 0.5) is 0 Å². The number of amides is 1. The number of hydrogen-bond acceptors (Lipinski definition) is 2. The molecule has 2 rings (SSSR count). The summed E-state index contributed by atoms with van der Waals surface area (Å²) in [5.41, 5.74) is -0.959. The second-order valence-electron chi connectivity index (χ2n) is 5.15. The van der Waals surface area contributed by atoms with Crippen molar-refractivity contribution < 1.29 is 14.7 Å². The van der Waals surface area contributed by atoms with Gasteiger partial charge in [0.15, 0.2) is 0 Å². The number of rotatable bonds is 2. The van der Waals surface area contributed by atoms with Gasteiger partial charge in [0.1, 0.15) is 5.54 Å². The normalized spacial score (nSPS) is 30.9. The maximum Gasteiger partial charge on any atom is 0.329 e. The topological polar surface area (TPSA) is 57.6 Å². The van der Waals surface area contributed by atoms with Gasteiger partial charge in [-0.3, -0.25) is 4.79 Å². The van der Waals surface area contributed by atoms with E-state index in [0.717, 1.165) is 32.1 Å². The van der Waals surface area contributed by atoms with Crippen LogP contribution in [0, 0.1) is 5.92 Å². The number of likely N-dealkylation sites (tertiary alicyclic amines) is 1. The largest absolute Gasteiger partial charge is 0.480 e. The van der Waals surface area contributed by atoms with Gasteiger partial charge in [-0.1, -0.05) is 12.8 Å². The van der Waals surface area contributed by atoms with E-state index in [2.05, 4.69) is 0 Å². The van der Waals surface area contributed by atoms with Crippen LogP contribution in [0.2, 0.25) is 0 Å². The molecule has 0 spiro atoms. The Labute approximate surface area is 95.6 Å². The quantitative estimate of drug-likeness (QED) is 0.777. The SMILES string of the molecule is CC1(C(=O)O)CCCN1C(=O)C1CCCC1. The first-order valence-corrected chi connectivity index (χ1v) is 6.10. The lowest BCUT2D eigenvalue weighted by Gasteiger charge is -2.33. The smallest absolute Gasteiger partial charge is 0.329 e. The number of carbonyl (C=O) groups is 2. The van der Waals surface area contributed by atoms with Crippen molar-refractivity contribution in [1.29, 1.82) is 0 Å². The lowest BCUT2D eigenvalue weighted by molar-refractivity contribution is -0.156. The van der Waals surface area contributed by atoms with Crippen LogP contribution < -0.4 is 0 Å². The van der Waals surface area contributed by atoms with E-state index in [1.165, 1.54) is 0 Å². The predicted molar refractivity (Wildman–Crippen MR) is 58.9 cm³/mol. The molecule has 4 heteroatoms. The number of carboxylic acids is 1. The third-order valence-corrected chi connectivity index (χ3v) is 4.07. The molecule has 16 heavy (non-hydrogen) atoms. The summed E-state index contributed by atoms with van der Waals surface area (Å²) in [6, 6.07) is 0. The maximum absolute atomic E-state index is 12.2. The zero-order valence-corrected chi connectivity index (χ0v) is 9.74. The Balaban J connectivity index is 2.13. The zero-order chi connectivity index (χ0) is 11.8. The molecule has 0 bridgehead atoms. The second-order valence-corrected chi connectivity index (χ2v) is 5.15. The Kier molecular flexibility index (Phi) is 2.91. The molecule has 1 amide bonds. The molecule has 1 saturated heterocycles.